The first-order chi connectivity index (χ1) is 7.93. The lowest BCUT2D eigenvalue weighted by molar-refractivity contribution is -0.300. The molecule has 0 amide bonds. The fourth-order valence-electron chi connectivity index (χ4n) is 1.39. The van der Waals surface area contributed by atoms with E-state index in [0.717, 1.165) is 0 Å². The highest BCUT2D eigenvalue weighted by molar-refractivity contribution is 5.76. The molecular weight excluding hydrogens is 232 g/mol. The van der Waals surface area contributed by atoms with E-state index in [4.69, 9.17) is 20.8 Å². The Kier molecular flexibility index (Phi) is 4.82. The number of carboxylic acid groups (broad SMARTS) is 1. The summed E-state index contributed by atoms with van der Waals surface area (Å²) >= 11 is 0. The number of rotatable bonds is 5. The zero-order valence-corrected chi connectivity index (χ0v) is 9.33. The van der Waals surface area contributed by atoms with Crippen LogP contribution >= 0.6 is 0 Å². The van der Waals surface area contributed by atoms with Gasteiger partial charge in [-0.1, -0.05) is 0 Å². The van der Waals surface area contributed by atoms with Gasteiger partial charge >= 0.3 is 11.9 Å². The molecule has 0 saturated carbocycles. The summed E-state index contributed by atoms with van der Waals surface area (Å²) in [6, 6.07) is -2.13. The number of carbonyl (C=O) groups is 2. The molecule has 4 unspecified atom stereocenters. The van der Waals surface area contributed by atoms with Gasteiger partial charge in [0.15, 0.2) is 0 Å². The first-order valence-corrected chi connectivity index (χ1v) is 5.20. The number of carbonyl (C=O) groups excluding carboxylic acids is 1. The number of aliphatic hydroxyl groups is 1. The zero-order chi connectivity index (χ0) is 13.0. The summed E-state index contributed by atoms with van der Waals surface area (Å²) in [5.41, 5.74) is 5.30. The molecule has 1 saturated heterocycles. The molecule has 0 aromatic heterocycles. The van der Waals surface area contributed by atoms with E-state index in [0.29, 0.717) is 13.0 Å². The van der Waals surface area contributed by atoms with Crippen LogP contribution in [0.25, 0.3) is 0 Å². The lowest BCUT2D eigenvalue weighted by atomic mass is 10.2. The Morgan fingerprint density at radius 1 is 1.53 bits per heavy atom. The fourth-order valence-corrected chi connectivity index (χ4v) is 1.39. The summed E-state index contributed by atoms with van der Waals surface area (Å²) in [4.78, 5) is 31.1. The Bertz CT molecular complexity index is 295. The van der Waals surface area contributed by atoms with Crippen LogP contribution in [0.1, 0.15) is 13.3 Å². The molecule has 0 aromatic carbocycles. The highest BCUT2D eigenvalue weighted by Crippen LogP contribution is 2.12. The molecule has 1 fully saturated rings. The molecule has 0 spiro atoms. The maximum atomic E-state index is 11.2. The van der Waals surface area contributed by atoms with Crippen LogP contribution in [-0.2, 0) is 19.4 Å². The zero-order valence-electron chi connectivity index (χ0n) is 9.33. The quantitative estimate of drug-likeness (QED) is 0.324. The number of nitrogens with two attached hydrogens (primary N) is 1. The van der Waals surface area contributed by atoms with Crippen molar-refractivity contribution in [3.63, 3.8) is 0 Å². The predicted molar refractivity (Wildman–Crippen MR) is 54.7 cm³/mol. The van der Waals surface area contributed by atoms with Gasteiger partial charge in [-0.3, -0.25) is 9.68 Å². The average molecular weight is 248 g/mol. The van der Waals surface area contributed by atoms with Gasteiger partial charge in [0.25, 0.3) is 0 Å². The average Bonchev–Trinajstić information content (AvgIpc) is 2.72. The third-order valence-electron chi connectivity index (χ3n) is 2.48. The van der Waals surface area contributed by atoms with E-state index >= 15 is 0 Å². The molecule has 1 heterocycles. The molecular formula is C9H16N2O6. The van der Waals surface area contributed by atoms with Gasteiger partial charge in [0, 0.05) is 0 Å². The van der Waals surface area contributed by atoms with Crippen molar-refractivity contribution in [2.24, 2.45) is 5.73 Å². The predicted octanol–water partition coefficient (Wildman–Crippen LogP) is -2.02. The van der Waals surface area contributed by atoms with Crippen LogP contribution in [0.15, 0.2) is 0 Å². The van der Waals surface area contributed by atoms with E-state index in [-0.39, 0.29) is 0 Å². The third kappa shape index (κ3) is 3.63. The van der Waals surface area contributed by atoms with E-state index in [1.54, 1.807) is 0 Å². The van der Waals surface area contributed by atoms with Crippen LogP contribution in [0.5, 0.6) is 0 Å². The van der Waals surface area contributed by atoms with Crippen molar-refractivity contribution in [1.29, 1.82) is 0 Å². The summed E-state index contributed by atoms with van der Waals surface area (Å²) in [5.74, 6) is -2.01. The normalized spacial score (nSPS) is 27.5. The Morgan fingerprint density at radius 3 is 2.71 bits per heavy atom. The van der Waals surface area contributed by atoms with E-state index in [1.807, 2.05) is 0 Å². The number of hydrogen-bond acceptors (Lipinski definition) is 7. The molecule has 1 aliphatic rings. The summed E-state index contributed by atoms with van der Waals surface area (Å²) < 4.78 is 0. The van der Waals surface area contributed by atoms with Gasteiger partial charge in [-0.25, -0.2) is 4.79 Å². The van der Waals surface area contributed by atoms with Gasteiger partial charge < -0.3 is 21.3 Å². The van der Waals surface area contributed by atoms with Gasteiger partial charge in [-0.05, 0) is 19.9 Å². The van der Waals surface area contributed by atoms with Crippen LogP contribution < -0.4 is 11.1 Å². The molecule has 8 nitrogen and oxygen atoms in total. The Morgan fingerprint density at radius 2 is 2.18 bits per heavy atom. The Balaban J connectivity index is 2.40. The number of hydrogen-bond donors (Lipinski definition) is 4. The second-order valence-electron chi connectivity index (χ2n) is 3.86. The van der Waals surface area contributed by atoms with Crippen molar-refractivity contribution < 1.29 is 29.6 Å². The van der Waals surface area contributed by atoms with Crippen molar-refractivity contribution in [2.45, 2.75) is 37.6 Å². The van der Waals surface area contributed by atoms with Crippen molar-refractivity contribution in [2.75, 3.05) is 6.54 Å². The third-order valence-corrected chi connectivity index (χ3v) is 2.48. The van der Waals surface area contributed by atoms with Crippen LogP contribution in [0.4, 0.5) is 0 Å². The fraction of sp³-hybridized carbons (Fsp3) is 0.778. The molecule has 5 N–H and O–H groups in total. The van der Waals surface area contributed by atoms with Crippen LogP contribution in [-0.4, -0.2) is 53.0 Å². The van der Waals surface area contributed by atoms with E-state index < -0.39 is 36.2 Å². The highest BCUT2D eigenvalue weighted by Gasteiger charge is 2.36. The molecule has 17 heavy (non-hydrogen) atoms. The van der Waals surface area contributed by atoms with Gasteiger partial charge in [-0.15, -0.1) is 0 Å². The summed E-state index contributed by atoms with van der Waals surface area (Å²) in [7, 11) is 0. The second kappa shape index (κ2) is 5.92. The highest BCUT2D eigenvalue weighted by atomic mass is 17.2. The van der Waals surface area contributed by atoms with E-state index in [2.05, 4.69) is 10.2 Å². The topological polar surface area (TPSA) is 131 Å². The monoisotopic (exact) mass is 248 g/mol. The molecule has 8 heteroatoms. The molecule has 98 valence electrons. The molecule has 0 radical (unpaired) electrons. The molecule has 0 aromatic rings. The van der Waals surface area contributed by atoms with Crippen molar-refractivity contribution in [1.82, 2.24) is 5.32 Å². The van der Waals surface area contributed by atoms with Crippen molar-refractivity contribution in [3.05, 3.63) is 0 Å². The SMILES string of the molecule is CC(O)C(N)C(=O)OOC1CCNC1C(=O)O. The van der Waals surface area contributed by atoms with Gasteiger partial charge in [0.1, 0.15) is 18.2 Å². The first kappa shape index (κ1) is 13.8. The lowest BCUT2D eigenvalue weighted by Crippen LogP contribution is -2.44. The maximum absolute atomic E-state index is 11.2. The summed E-state index contributed by atoms with van der Waals surface area (Å²) in [6.07, 6.45) is -1.41. The number of aliphatic hydroxyl groups excluding tert-OH is 1. The van der Waals surface area contributed by atoms with Crippen molar-refractivity contribution in [3.8, 4) is 0 Å². The van der Waals surface area contributed by atoms with Gasteiger partial charge in [0.05, 0.1) is 6.10 Å². The number of nitrogens with one attached hydrogen (secondary N) is 1. The molecule has 1 rings (SSSR count). The molecule has 1 aliphatic heterocycles. The van der Waals surface area contributed by atoms with Gasteiger partial charge in [-0.2, -0.15) is 4.89 Å². The van der Waals surface area contributed by atoms with Crippen LogP contribution in [0, 0.1) is 0 Å². The van der Waals surface area contributed by atoms with E-state index in [1.165, 1.54) is 6.92 Å². The Hall–Kier alpha value is -1.22. The second-order valence-corrected chi connectivity index (χ2v) is 3.86. The smallest absolute Gasteiger partial charge is 0.361 e. The maximum Gasteiger partial charge on any atom is 0.361 e. The Labute approximate surface area is 97.6 Å². The van der Waals surface area contributed by atoms with E-state index in [9.17, 15) is 9.59 Å². The summed E-state index contributed by atoms with van der Waals surface area (Å²) in [5, 5.41) is 20.5. The molecule has 0 aliphatic carbocycles. The minimum absolute atomic E-state index is 0.411. The number of carboxylic acids is 1. The molecule has 4 atom stereocenters. The summed E-state index contributed by atoms with van der Waals surface area (Å²) in [6.45, 7) is 1.80. The first-order valence-electron chi connectivity index (χ1n) is 5.20. The number of aliphatic carboxylic acids is 1. The minimum Gasteiger partial charge on any atom is -0.480 e. The van der Waals surface area contributed by atoms with Crippen LogP contribution in [0.3, 0.4) is 0 Å². The van der Waals surface area contributed by atoms with Crippen molar-refractivity contribution >= 4 is 11.9 Å². The van der Waals surface area contributed by atoms with Gasteiger partial charge in [0.2, 0.25) is 0 Å². The molecule has 0 bridgehead atoms. The van der Waals surface area contributed by atoms with Crippen LogP contribution in [0.2, 0.25) is 0 Å². The minimum atomic E-state index is -1.22. The lowest BCUT2D eigenvalue weighted by Gasteiger charge is -2.17. The standard InChI is InChI=1S/C9H16N2O6/c1-4(12)6(10)9(15)17-16-5-2-3-11-7(5)8(13)14/h4-7,11-12H,2-3,10H2,1H3,(H,13,14). The largest absolute Gasteiger partial charge is 0.480 e.